The minimum atomic E-state index is 0.449. The smallest absolute Gasteiger partial charge is 0.158 e. The maximum absolute atomic E-state index is 6.09. The van der Waals surface area contributed by atoms with Crippen LogP contribution in [0.1, 0.15) is 45.6 Å². The van der Waals surface area contributed by atoms with Gasteiger partial charge in [-0.15, -0.1) is 11.6 Å². The van der Waals surface area contributed by atoms with E-state index in [0.29, 0.717) is 17.7 Å². The number of alkyl halides is 1. The number of hydrogen-bond donors (Lipinski definition) is 0. The highest BCUT2D eigenvalue weighted by atomic mass is 35.5. The lowest BCUT2D eigenvalue weighted by Gasteiger charge is -2.18. The Balaban J connectivity index is 2.51. The summed E-state index contributed by atoms with van der Waals surface area (Å²) >= 11 is 6.09. The van der Waals surface area contributed by atoms with E-state index in [1.54, 1.807) is 0 Å². The second-order valence-electron chi connectivity index (χ2n) is 5.99. The highest BCUT2D eigenvalue weighted by molar-refractivity contribution is 6.16. The summed E-state index contributed by atoms with van der Waals surface area (Å²) in [6, 6.07) is 0. The molecular weight excluding hydrogens is 272 g/mol. The molecule has 20 heavy (non-hydrogen) atoms. The van der Waals surface area contributed by atoms with Crippen molar-refractivity contribution in [1.29, 1.82) is 0 Å². The van der Waals surface area contributed by atoms with Gasteiger partial charge in [-0.2, -0.15) is 5.10 Å². The largest absolute Gasteiger partial charge is 0.312 e. The standard InChI is InChI=1S/C15H25ClN4/c1-6-7-12-14-15(19(5)18-12)20(13(8-16)17-14)9-11(4)10(2)3/h10-11H,6-9H2,1-5H3. The molecule has 1 unspecified atom stereocenters. The Kier molecular flexibility index (Phi) is 4.74. The van der Waals surface area contributed by atoms with Crippen LogP contribution in [0.3, 0.4) is 0 Å². The van der Waals surface area contributed by atoms with Crippen LogP contribution in [-0.4, -0.2) is 19.3 Å². The van der Waals surface area contributed by atoms with Crippen LogP contribution in [0.2, 0.25) is 0 Å². The first-order valence-electron chi connectivity index (χ1n) is 7.46. The fraction of sp³-hybridized carbons (Fsp3) is 0.733. The van der Waals surface area contributed by atoms with Crippen molar-refractivity contribution in [3.05, 3.63) is 11.5 Å². The van der Waals surface area contributed by atoms with Crippen molar-refractivity contribution in [2.45, 2.75) is 53.0 Å². The number of aryl methyl sites for hydroxylation is 2. The Morgan fingerprint density at radius 2 is 1.95 bits per heavy atom. The van der Waals surface area contributed by atoms with Gasteiger partial charge in [-0.25, -0.2) is 4.98 Å². The fourth-order valence-corrected chi connectivity index (χ4v) is 2.69. The number of aromatic nitrogens is 4. The van der Waals surface area contributed by atoms with Gasteiger partial charge in [0.1, 0.15) is 11.3 Å². The van der Waals surface area contributed by atoms with Gasteiger partial charge in [-0.3, -0.25) is 4.68 Å². The normalized spacial score (nSPS) is 13.6. The molecule has 0 amide bonds. The quantitative estimate of drug-likeness (QED) is 0.761. The Labute approximate surface area is 126 Å². The topological polar surface area (TPSA) is 35.6 Å². The summed E-state index contributed by atoms with van der Waals surface area (Å²) in [5.74, 6) is 2.63. The van der Waals surface area contributed by atoms with Gasteiger partial charge in [0.2, 0.25) is 0 Å². The van der Waals surface area contributed by atoms with Gasteiger partial charge in [0, 0.05) is 13.6 Å². The Morgan fingerprint density at radius 3 is 2.50 bits per heavy atom. The zero-order valence-corrected chi connectivity index (χ0v) is 13.9. The van der Waals surface area contributed by atoms with Crippen LogP contribution in [0.5, 0.6) is 0 Å². The van der Waals surface area contributed by atoms with Crippen LogP contribution < -0.4 is 0 Å². The molecule has 2 aromatic rings. The number of halogens is 1. The van der Waals surface area contributed by atoms with E-state index in [9.17, 15) is 0 Å². The summed E-state index contributed by atoms with van der Waals surface area (Å²) < 4.78 is 4.20. The first kappa shape index (κ1) is 15.4. The molecule has 0 N–H and O–H groups in total. The molecule has 2 rings (SSSR count). The molecule has 0 saturated carbocycles. The number of hydrogen-bond acceptors (Lipinski definition) is 2. The monoisotopic (exact) mass is 296 g/mol. The van der Waals surface area contributed by atoms with Crippen LogP contribution in [-0.2, 0) is 25.9 Å². The van der Waals surface area contributed by atoms with Gasteiger partial charge >= 0.3 is 0 Å². The molecule has 4 nitrogen and oxygen atoms in total. The maximum atomic E-state index is 6.09. The Morgan fingerprint density at radius 1 is 1.25 bits per heavy atom. The summed E-state index contributed by atoms with van der Waals surface area (Å²) in [7, 11) is 2.00. The van der Waals surface area contributed by atoms with Gasteiger partial charge in [0.05, 0.1) is 11.6 Å². The summed E-state index contributed by atoms with van der Waals surface area (Å²) in [4.78, 5) is 4.73. The average Bonchev–Trinajstić information content (AvgIpc) is 2.89. The summed E-state index contributed by atoms with van der Waals surface area (Å²) in [5, 5.41) is 4.62. The van der Waals surface area contributed by atoms with Crippen LogP contribution >= 0.6 is 11.6 Å². The van der Waals surface area contributed by atoms with Crippen molar-refractivity contribution in [2.75, 3.05) is 0 Å². The molecule has 0 fully saturated rings. The van der Waals surface area contributed by atoms with E-state index in [2.05, 4.69) is 37.4 Å². The molecule has 0 aromatic carbocycles. The summed E-state index contributed by atoms with van der Waals surface area (Å²) in [6.45, 7) is 9.90. The lowest BCUT2D eigenvalue weighted by Crippen LogP contribution is -2.16. The molecule has 0 aliphatic heterocycles. The van der Waals surface area contributed by atoms with E-state index in [-0.39, 0.29) is 0 Å². The van der Waals surface area contributed by atoms with Crippen molar-refractivity contribution in [3.63, 3.8) is 0 Å². The minimum absolute atomic E-state index is 0.449. The third kappa shape index (κ3) is 2.71. The van der Waals surface area contributed by atoms with E-state index in [1.807, 2.05) is 11.7 Å². The minimum Gasteiger partial charge on any atom is -0.312 e. The zero-order valence-electron chi connectivity index (χ0n) is 13.1. The Hall–Kier alpha value is -1.03. The van der Waals surface area contributed by atoms with E-state index in [4.69, 9.17) is 16.6 Å². The SMILES string of the molecule is CCCc1nn(C)c2c1nc(CCl)n2CC(C)C(C)C. The Bertz CT molecular complexity index is 582. The van der Waals surface area contributed by atoms with Crippen molar-refractivity contribution in [2.24, 2.45) is 18.9 Å². The van der Waals surface area contributed by atoms with E-state index < -0.39 is 0 Å². The second kappa shape index (κ2) is 6.17. The molecule has 1 atom stereocenters. The molecule has 0 radical (unpaired) electrons. The highest BCUT2D eigenvalue weighted by Gasteiger charge is 2.20. The molecule has 0 aliphatic rings. The molecule has 0 spiro atoms. The third-order valence-corrected chi connectivity index (χ3v) is 4.32. The maximum Gasteiger partial charge on any atom is 0.158 e. The van der Waals surface area contributed by atoms with Crippen molar-refractivity contribution < 1.29 is 0 Å². The first-order valence-corrected chi connectivity index (χ1v) is 7.99. The average molecular weight is 297 g/mol. The number of fused-ring (bicyclic) bond motifs is 1. The van der Waals surface area contributed by atoms with Crippen LogP contribution in [0.4, 0.5) is 0 Å². The fourth-order valence-electron chi connectivity index (χ4n) is 2.48. The lowest BCUT2D eigenvalue weighted by molar-refractivity contribution is 0.363. The zero-order chi connectivity index (χ0) is 14.9. The predicted molar refractivity (Wildman–Crippen MR) is 84.1 cm³/mol. The molecule has 2 heterocycles. The summed E-state index contributed by atoms with van der Waals surface area (Å²) in [6.07, 6.45) is 2.05. The number of nitrogens with zero attached hydrogens (tertiary/aromatic N) is 4. The molecule has 2 aromatic heterocycles. The molecule has 0 saturated heterocycles. The molecule has 5 heteroatoms. The molecule has 0 bridgehead atoms. The van der Waals surface area contributed by atoms with Crippen LogP contribution in [0.15, 0.2) is 0 Å². The molecule has 0 aliphatic carbocycles. The van der Waals surface area contributed by atoms with Gasteiger partial charge in [0.25, 0.3) is 0 Å². The van der Waals surface area contributed by atoms with E-state index >= 15 is 0 Å². The van der Waals surface area contributed by atoms with Gasteiger partial charge in [-0.05, 0) is 18.3 Å². The van der Waals surface area contributed by atoms with Crippen molar-refractivity contribution >= 4 is 22.8 Å². The van der Waals surface area contributed by atoms with Gasteiger partial charge in [-0.1, -0.05) is 34.1 Å². The van der Waals surface area contributed by atoms with Crippen molar-refractivity contribution in [1.82, 2.24) is 19.3 Å². The third-order valence-electron chi connectivity index (χ3n) is 4.09. The summed E-state index contributed by atoms with van der Waals surface area (Å²) in [5.41, 5.74) is 3.23. The predicted octanol–water partition coefficient (Wildman–Crippen LogP) is 3.75. The van der Waals surface area contributed by atoms with Crippen LogP contribution in [0, 0.1) is 11.8 Å². The van der Waals surface area contributed by atoms with Crippen LogP contribution in [0.25, 0.3) is 11.2 Å². The van der Waals surface area contributed by atoms with Gasteiger partial charge < -0.3 is 4.57 Å². The second-order valence-corrected chi connectivity index (χ2v) is 6.25. The van der Waals surface area contributed by atoms with E-state index in [1.165, 1.54) is 0 Å². The van der Waals surface area contributed by atoms with Crippen molar-refractivity contribution in [3.8, 4) is 0 Å². The molecule has 112 valence electrons. The lowest BCUT2D eigenvalue weighted by atomic mass is 9.98. The van der Waals surface area contributed by atoms with E-state index in [0.717, 1.165) is 42.1 Å². The highest BCUT2D eigenvalue weighted by Crippen LogP contribution is 2.24. The van der Waals surface area contributed by atoms with Gasteiger partial charge in [0.15, 0.2) is 5.65 Å². The first-order chi connectivity index (χ1) is 9.49. The number of imidazole rings is 1. The number of rotatable bonds is 6. The molecular formula is C15H25ClN4.